The fourth-order valence-electron chi connectivity index (χ4n) is 3.28. The zero-order valence-corrected chi connectivity index (χ0v) is 16.9. The van der Waals surface area contributed by atoms with Gasteiger partial charge in [0.05, 0.1) is 16.5 Å². The molecule has 2 aromatic carbocycles. The average molecular weight is 448 g/mol. The largest absolute Gasteiger partial charge is 0.503 e. The van der Waals surface area contributed by atoms with Crippen molar-refractivity contribution in [3.05, 3.63) is 97.6 Å². The molecule has 0 fully saturated rings. The van der Waals surface area contributed by atoms with E-state index in [4.69, 9.17) is 23.2 Å². The number of thiophene rings is 1. The van der Waals surface area contributed by atoms with Crippen molar-refractivity contribution in [2.45, 2.75) is 6.04 Å². The van der Waals surface area contributed by atoms with Crippen molar-refractivity contribution >= 4 is 51.9 Å². The summed E-state index contributed by atoms with van der Waals surface area (Å²) < 4.78 is 13.5. The molecular weight excluding hydrogens is 436 g/mol. The molecule has 1 unspecified atom stereocenters. The minimum atomic E-state index is -0.966. The van der Waals surface area contributed by atoms with Crippen LogP contribution in [-0.2, 0) is 4.79 Å². The van der Waals surface area contributed by atoms with Gasteiger partial charge in [0.25, 0.3) is 5.91 Å². The van der Waals surface area contributed by atoms with Crippen LogP contribution in [0.25, 0.3) is 0 Å². The van der Waals surface area contributed by atoms with E-state index in [1.54, 1.807) is 17.5 Å². The van der Waals surface area contributed by atoms with Gasteiger partial charge in [0.15, 0.2) is 5.76 Å². The van der Waals surface area contributed by atoms with Crippen LogP contribution in [0.2, 0.25) is 10.0 Å². The van der Waals surface area contributed by atoms with Gasteiger partial charge in [-0.25, -0.2) is 4.39 Å². The zero-order chi connectivity index (χ0) is 20.7. The van der Waals surface area contributed by atoms with Crippen molar-refractivity contribution in [2.24, 2.45) is 0 Å². The minimum absolute atomic E-state index is 0.0832. The standard InChI is InChI=1S/C21H12Cl2FNO3S/c22-12-8-13(23)10-15(9-12)25-18(11-3-5-14(24)6-4-11)17(20(27)21(25)28)19(26)16-2-1-7-29-16/h1-10,18,27H. The summed E-state index contributed by atoms with van der Waals surface area (Å²) in [7, 11) is 0. The fraction of sp³-hybridized carbons (Fsp3) is 0.0476. The molecule has 1 aliphatic heterocycles. The normalized spacial score (nSPS) is 16.6. The molecule has 0 spiro atoms. The first-order chi connectivity index (χ1) is 13.9. The van der Waals surface area contributed by atoms with E-state index >= 15 is 0 Å². The highest BCUT2D eigenvalue weighted by atomic mass is 35.5. The van der Waals surface area contributed by atoms with Gasteiger partial charge in [-0.1, -0.05) is 41.4 Å². The maximum Gasteiger partial charge on any atom is 0.294 e. The molecule has 2 heterocycles. The van der Waals surface area contributed by atoms with E-state index < -0.39 is 29.3 Å². The van der Waals surface area contributed by atoms with Crippen LogP contribution in [0.4, 0.5) is 10.1 Å². The van der Waals surface area contributed by atoms with Gasteiger partial charge in [0.1, 0.15) is 5.82 Å². The number of aliphatic hydroxyl groups excluding tert-OH is 1. The third kappa shape index (κ3) is 3.55. The van der Waals surface area contributed by atoms with Crippen LogP contribution in [0.1, 0.15) is 21.3 Å². The molecule has 1 aromatic heterocycles. The molecule has 0 bridgehead atoms. The maximum atomic E-state index is 13.5. The Labute approximate surface area is 179 Å². The molecule has 29 heavy (non-hydrogen) atoms. The molecule has 0 aliphatic carbocycles. The van der Waals surface area contributed by atoms with Gasteiger partial charge in [-0.2, -0.15) is 0 Å². The van der Waals surface area contributed by atoms with E-state index in [0.29, 0.717) is 16.1 Å². The zero-order valence-electron chi connectivity index (χ0n) is 14.6. The Hall–Kier alpha value is -2.67. The lowest BCUT2D eigenvalue weighted by atomic mass is 9.95. The first kappa shape index (κ1) is 19.6. The molecule has 1 aliphatic rings. The third-order valence-electron chi connectivity index (χ3n) is 4.51. The first-order valence-corrected chi connectivity index (χ1v) is 10.1. The number of hydrogen-bond acceptors (Lipinski definition) is 4. The van der Waals surface area contributed by atoms with Gasteiger partial charge in [-0.15, -0.1) is 11.3 Å². The number of Topliss-reactive ketones (excluding diaryl/α,β-unsaturated/α-hetero) is 1. The maximum absolute atomic E-state index is 13.5. The van der Waals surface area contributed by atoms with Crippen LogP contribution in [-0.4, -0.2) is 16.8 Å². The Morgan fingerprint density at radius 2 is 1.72 bits per heavy atom. The molecule has 1 N–H and O–H groups in total. The van der Waals surface area contributed by atoms with Gasteiger partial charge in [0, 0.05) is 15.7 Å². The summed E-state index contributed by atoms with van der Waals surface area (Å²) in [5, 5.41) is 12.9. The first-order valence-electron chi connectivity index (χ1n) is 8.43. The van der Waals surface area contributed by atoms with Crippen molar-refractivity contribution in [2.75, 3.05) is 4.90 Å². The van der Waals surface area contributed by atoms with Crippen molar-refractivity contribution in [3.63, 3.8) is 0 Å². The minimum Gasteiger partial charge on any atom is -0.503 e. The average Bonchev–Trinajstić information content (AvgIpc) is 3.29. The number of aliphatic hydroxyl groups is 1. The van der Waals surface area contributed by atoms with Crippen LogP contribution in [0.5, 0.6) is 0 Å². The van der Waals surface area contributed by atoms with E-state index in [2.05, 4.69) is 0 Å². The molecule has 1 atom stereocenters. The van der Waals surface area contributed by atoms with Gasteiger partial charge in [-0.05, 0) is 47.3 Å². The summed E-state index contributed by atoms with van der Waals surface area (Å²) >= 11 is 13.4. The molecule has 0 saturated heterocycles. The fourth-order valence-corrected chi connectivity index (χ4v) is 4.48. The summed E-state index contributed by atoms with van der Waals surface area (Å²) in [6, 6.07) is 12.3. The number of rotatable bonds is 4. The number of halogens is 3. The molecule has 0 saturated carbocycles. The van der Waals surface area contributed by atoms with Crippen LogP contribution < -0.4 is 4.90 Å². The summed E-state index contributed by atoms with van der Waals surface area (Å²) in [5.74, 6) is -2.36. The summed E-state index contributed by atoms with van der Waals surface area (Å²) in [6.07, 6.45) is 0. The molecule has 3 aromatic rings. The Morgan fingerprint density at radius 1 is 1.07 bits per heavy atom. The van der Waals surface area contributed by atoms with Gasteiger partial charge < -0.3 is 5.11 Å². The summed E-state index contributed by atoms with van der Waals surface area (Å²) in [6.45, 7) is 0. The summed E-state index contributed by atoms with van der Waals surface area (Å²) in [4.78, 5) is 27.7. The molecular formula is C21H12Cl2FNO3S. The number of amides is 1. The predicted octanol–water partition coefficient (Wildman–Crippen LogP) is 5.98. The highest BCUT2D eigenvalue weighted by Gasteiger charge is 2.45. The van der Waals surface area contributed by atoms with Crippen LogP contribution in [0, 0.1) is 5.82 Å². The number of ketones is 1. The Bertz CT molecular complexity index is 1120. The van der Waals surface area contributed by atoms with E-state index in [9.17, 15) is 19.1 Å². The monoisotopic (exact) mass is 447 g/mol. The molecule has 1 amide bonds. The van der Waals surface area contributed by atoms with E-state index in [1.807, 2.05) is 0 Å². The number of nitrogens with zero attached hydrogens (tertiary/aromatic N) is 1. The highest BCUT2D eigenvalue weighted by molar-refractivity contribution is 7.12. The second-order valence-corrected chi connectivity index (χ2v) is 8.15. The second kappa shape index (κ2) is 7.63. The Kier molecular flexibility index (Phi) is 5.17. The van der Waals surface area contributed by atoms with Gasteiger partial charge in [-0.3, -0.25) is 14.5 Å². The number of benzene rings is 2. The number of carbonyl (C=O) groups is 2. The lowest BCUT2D eigenvalue weighted by Gasteiger charge is -2.27. The van der Waals surface area contributed by atoms with Gasteiger partial charge >= 0.3 is 0 Å². The lowest BCUT2D eigenvalue weighted by molar-refractivity contribution is -0.117. The highest BCUT2D eigenvalue weighted by Crippen LogP contribution is 2.43. The smallest absolute Gasteiger partial charge is 0.294 e. The lowest BCUT2D eigenvalue weighted by Crippen LogP contribution is -2.31. The Morgan fingerprint density at radius 3 is 2.31 bits per heavy atom. The number of anilines is 1. The number of carbonyl (C=O) groups excluding carboxylic acids is 2. The predicted molar refractivity (Wildman–Crippen MR) is 111 cm³/mol. The van der Waals surface area contributed by atoms with E-state index in [0.717, 1.165) is 0 Å². The quantitative estimate of drug-likeness (QED) is 0.500. The van der Waals surface area contributed by atoms with Crippen molar-refractivity contribution in [3.8, 4) is 0 Å². The van der Waals surface area contributed by atoms with Crippen LogP contribution in [0.15, 0.2) is 71.3 Å². The van der Waals surface area contributed by atoms with Gasteiger partial charge in [0.2, 0.25) is 5.78 Å². The molecule has 8 heteroatoms. The molecule has 146 valence electrons. The molecule has 4 rings (SSSR count). The topological polar surface area (TPSA) is 57.6 Å². The molecule has 0 radical (unpaired) electrons. The third-order valence-corrected chi connectivity index (χ3v) is 5.81. The van der Waals surface area contributed by atoms with Crippen LogP contribution in [0.3, 0.4) is 0 Å². The summed E-state index contributed by atoms with van der Waals surface area (Å²) in [5.41, 5.74) is 0.683. The van der Waals surface area contributed by atoms with E-state index in [1.165, 1.54) is 58.7 Å². The molecule has 4 nitrogen and oxygen atoms in total. The van der Waals surface area contributed by atoms with Crippen LogP contribution >= 0.6 is 34.5 Å². The van der Waals surface area contributed by atoms with Crippen molar-refractivity contribution in [1.29, 1.82) is 0 Å². The Balaban J connectivity index is 1.90. The van der Waals surface area contributed by atoms with Crippen molar-refractivity contribution < 1.29 is 19.1 Å². The van der Waals surface area contributed by atoms with Crippen molar-refractivity contribution in [1.82, 2.24) is 0 Å². The van der Waals surface area contributed by atoms with E-state index in [-0.39, 0.29) is 15.6 Å². The number of hydrogen-bond donors (Lipinski definition) is 1. The SMILES string of the molecule is O=C(C1=C(O)C(=O)N(c2cc(Cl)cc(Cl)c2)C1c1ccc(F)cc1)c1cccs1. The second-order valence-electron chi connectivity index (χ2n) is 6.33.